The van der Waals surface area contributed by atoms with Gasteiger partial charge in [-0.15, -0.1) is 0 Å². The molecule has 2 N–H and O–H groups in total. The Labute approximate surface area is 193 Å². The Morgan fingerprint density at radius 2 is 1.81 bits per heavy atom. The number of benzene rings is 1. The van der Waals surface area contributed by atoms with Crippen molar-refractivity contribution in [2.75, 3.05) is 19.7 Å². The molecule has 0 aliphatic carbocycles. The monoisotopic (exact) mass is 468 g/mol. The summed E-state index contributed by atoms with van der Waals surface area (Å²) >= 11 is 0. The maximum Gasteiger partial charge on any atom is 0.407 e. The number of carbonyl (C=O) groups is 1. The number of aryl methyl sites for hydroxylation is 1. The summed E-state index contributed by atoms with van der Waals surface area (Å²) in [6, 6.07) is 6.16. The van der Waals surface area contributed by atoms with Gasteiger partial charge in [0.15, 0.2) is 0 Å². The Morgan fingerprint density at radius 1 is 1.22 bits per heavy atom. The van der Waals surface area contributed by atoms with Crippen molar-refractivity contribution in [2.45, 2.75) is 77.8 Å². The van der Waals surface area contributed by atoms with Crippen molar-refractivity contribution in [3.8, 4) is 0 Å². The van der Waals surface area contributed by atoms with Crippen LogP contribution in [0.3, 0.4) is 0 Å². The summed E-state index contributed by atoms with van der Waals surface area (Å²) in [5.74, 6) is 0.319. The van der Waals surface area contributed by atoms with E-state index in [0.717, 1.165) is 11.1 Å². The lowest BCUT2D eigenvalue weighted by atomic mass is 10.1. The van der Waals surface area contributed by atoms with Gasteiger partial charge in [0.1, 0.15) is 5.60 Å². The number of amides is 1. The van der Waals surface area contributed by atoms with Crippen LogP contribution in [0.1, 0.15) is 59.9 Å². The molecule has 0 aliphatic heterocycles. The van der Waals surface area contributed by atoms with Gasteiger partial charge in [-0.05, 0) is 65.5 Å². The molecule has 0 bridgehead atoms. The minimum atomic E-state index is -3.77. The molecule has 0 aromatic heterocycles. The second-order valence-electron chi connectivity index (χ2n) is 9.59. The van der Waals surface area contributed by atoms with E-state index in [1.54, 1.807) is 45.0 Å². The van der Waals surface area contributed by atoms with Gasteiger partial charge in [0, 0.05) is 13.1 Å². The van der Waals surface area contributed by atoms with Crippen molar-refractivity contribution < 1.29 is 23.1 Å². The number of sulfonamides is 1. The van der Waals surface area contributed by atoms with Crippen LogP contribution in [-0.4, -0.2) is 55.3 Å². The van der Waals surface area contributed by atoms with E-state index >= 15 is 0 Å². The van der Waals surface area contributed by atoms with Gasteiger partial charge in [-0.3, -0.25) is 0 Å². The van der Waals surface area contributed by atoms with E-state index in [0.29, 0.717) is 25.3 Å². The molecule has 182 valence electrons. The second-order valence-corrected chi connectivity index (χ2v) is 11.5. The zero-order valence-electron chi connectivity index (χ0n) is 20.5. The average Bonchev–Trinajstić information content (AvgIpc) is 2.65. The molecule has 0 aliphatic rings. The van der Waals surface area contributed by atoms with Crippen molar-refractivity contribution in [3.63, 3.8) is 0 Å². The number of aliphatic hydroxyl groups excluding tert-OH is 1. The minimum absolute atomic E-state index is 0.221. The molecule has 0 radical (unpaired) electrons. The number of nitrogens with zero attached hydrogens (tertiary/aromatic N) is 1. The maximum atomic E-state index is 13.4. The van der Waals surface area contributed by atoms with E-state index in [1.165, 1.54) is 4.31 Å². The van der Waals surface area contributed by atoms with Crippen molar-refractivity contribution in [2.24, 2.45) is 5.92 Å². The predicted octanol–water partition coefficient (Wildman–Crippen LogP) is 4.25. The number of aliphatic hydroxyl groups is 1. The lowest BCUT2D eigenvalue weighted by Gasteiger charge is -2.30. The Morgan fingerprint density at radius 3 is 2.31 bits per heavy atom. The third-order valence-electron chi connectivity index (χ3n) is 4.83. The highest BCUT2D eigenvalue weighted by Gasteiger charge is 2.31. The Balaban J connectivity index is 2.99. The lowest BCUT2D eigenvalue weighted by Crippen LogP contribution is -2.43. The van der Waals surface area contributed by atoms with Crippen LogP contribution in [0.4, 0.5) is 4.79 Å². The van der Waals surface area contributed by atoms with Gasteiger partial charge in [-0.25, -0.2) is 13.2 Å². The molecular formula is C24H40N2O5S. The molecule has 7 nitrogen and oxygen atoms in total. The largest absolute Gasteiger partial charge is 0.444 e. The topological polar surface area (TPSA) is 95.9 Å². The van der Waals surface area contributed by atoms with Gasteiger partial charge < -0.3 is 15.2 Å². The molecule has 1 rings (SSSR count). The SMILES string of the molecule is CC(=CCNC(=O)OC(C)(C)C)C[C@@H](CO)N(CCC(C)C)S(=O)(=O)c1ccc(C)cc1. The van der Waals surface area contributed by atoms with Crippen molar-refractivity contribution in [3.05, 3.63) is 41.5 Å². The number of hydrogen-bond acceptors (Lipinski definition) is 5. The van der Waals surface area contributed by atoms with E-state index < -0.39 is 27.8 Å². The molecule has 0 spiro atoms. The molecule has 1 aromatic carbocycles. The number of carbonyl (C=O) groups excluding carboxylic acids is 1. The van der Waals surface area contributed by atoms with Gasteiger partial charge in [0.25, 0.3) is 0 Å². The van der Waals surface area contributed by atoms with Crippen LogP contribution in [0.15, 0.2) is 40.8 Å². The number of rotatable bonds is 11. The first-order chi connectivity index (χ1) is 14.8. The zero-order chi connectivity index (χ0) is 24.5. The molecule has 0 saturated carbocycles. The molecule has 8 heteroatoms. The van der Waals surface area contributed by atoms with Crippen LogP contribution in [0.5, 0.6) is 0 Å². The van der Waals surface area contributed by atoms with Gasteiger partial charge in [0.05, 0.1) is 17.5 Å². The molecule has 0 fully saturated rings. The molecule has 1 atom stereocenters. The highest BCUT2D eigenvalue weighted by molar-refractivity contribution is 7.89. The van der Waals surface area contributed by atoms with Crippen LogP contribution in [0.25, 0.3) is 0 Å². The smallest absolute Gasteiger partial charge is 0.407 e. The van der Waals surface area contributed by atoms with E-state index in [1.807, 2.05) is 33.8 Å². The van der Waals surface area contributed by atoms with Gasteiger partial charge in [-0.2, -0.15) is 4.31 Å². The standard InChI is InChI=1S/C24H40N2O5S/c1-18(2)13-15-26(32(29,30)22-10-8-19(3)9-11-22)21(17-27)16-20(4)12-14-25-23(28)31-24(5,6)7/h8-12,18,21,27H,13-17H2,1-7H3,(H,25,28)/t21-/m0/s1. The van der Waals surface area contributed by atoms with Crippen molar-refractivity contribution in [1.82, 2.24) is 9.62 Å². The minimum Gasteiger partial charge on any atom is -0.444 e. The summed E-state index contributed by atoms with van der Waals surface area (Å²) in [5.41, 5.74) is 1.27. The Bertz CT molecular complexity index is 855. The molecule has 0 heterocycles. The highest BCUT2D eigenvalue weighted by Crippen LogP contribution is 2.23. The lowest BCUT2D eigenvalue weighted by molar-refractivity contribution is 0.0534. The first kappa shape index (κ1) is 28.1. The molecule has 1 amide bonds. The van der Waals surface area contributed by atoms with Crippen LogP contribution >= 0.6 is 0 Å². The van der Waals surface area contributed by atoms with E-state index in [2.05, 4.69) is 5.32 Å². The fourth-order valence-corrected chi connectivity index (χ4v) is 4.70. The number of alkyl carbamates (subject to hydrolysis) is 1. The van der Waals surface area contributed by atoms with Crippen molar-refractivity contribution >= 4 is 16.1 Å². The fraction of sp³-hybridized carbons (Fsp3) is 0.625. The summed E-state index contributed by atoms with van der Waals surface area (Å²) in [7, 11) is -3.77. The molecule has 1 aromatic rings. The normalized spacial score (nSPS) is 14.0. The summed E-state index contributed by atoms with van der Waals surface area (Å²) in [4.78, 5) is 12.0. The van der Waals surface area contributed by atoms with Crippen LogP contribution in [0, 0.1) is 12.8 Å². The first-order valence-corrected chi connectivity index (χ1v) is 12.5. The van der Waals surface area contributed by atoms with E-state index in [-0.39, 0.29) is 18.0 Å². The van der Waals surface area contributed by atoms with E-state index in [9.17, 15) is 18.3 Å². The maximum absolute atomic E-state index is 13.4. The quantitative estimate of drug-likeness (QED) is 0.473. The van der Waals surface area contributed by atoms with Gasteiger partial charge >= 0.3 is 6.09 Å². The third-order valence-corrected chi connectivity index (χ3v) is 6.79. The first-order valence-electron chi connectivity index (χ1n) is 11.1. The van der Waals surface area contributed by atoms with Gasteiger partial charge in [0.2, 0.25) is 10.0 Å². The van der Waals surface area contributed by atoms with Crippen molar-refractivity contribution in [1.29, 1.82) is 0 Å². The summed E-state index contributed by atoms with van der Waals surface area (Å²) in [5, 5.41) is 12.7. The number of ether oxygens (including phenoxy) is 1. The number of nitrogens with one attached hydrogen (secondary N) is 1. The molecule has 32 heavy (non-hydrogen) atoms. The third kappa shape index (κ3) is 9.71. The predicted molar refractivity (Wildman–Crippen MR) is 128 cm³/mol. The Hall–Kier alpha value is -1.90. The molecule has 0 unspecified atom stereocenters. The zero-order valence-corrected chi connectivity index (χ0v) is 21.3. The van der Waals surface area contributed by atoms with E-state index in [4.69, 9.17) is 4.74 Å². The summed E-state index contributed by atoms with van der Waals surface area (Å²) in [6.45, 7) is 13.5. The van der Waals surface area contributed by atoms with Crippen LogP contribution in [-0.2, 0) is 14.8 Å². The van der Waals surface area contributed by atoms with Gasteiger partial charge in [-0.1, -0.05) is 43.2 Å². The molecule has 0 saturated heterocycles. The van der Waals surface area contributed by atoms with Crippen LogP contribution in [0.2, 0.25) is 0 Å². The molecular weight excluding hydrogens is 428 g/mol. The second kappa shape index (κ2) is 12.4. The Kier molecular flexibility index (Phi) is 10.9. The highest BCUT2D eigenvalue weighted by atomic mass is 32.2. The fourth-order valence-electron chi connectivity index (χ4n) is 3.07. The summed E-state index contributed by atoms with van der Waals surface area (Å²) < 4.78 is 33.4. The summed E-state index contributed by atoms with van der Waals surface area (Å²) in [6.07, 6.45) is 2.34. The average molecular weight is 469 g/mol. The van der Waals surface area contributed by atoms with Crippen LogP contribution < -0.4 is 5.32 Å². The number of hydrogen-bond donors (Lipinski definition) is 2.